The van der Waals surface area contributed by atoms with E-state index in [0.29, 0.717) is 17.7 Å². The van der Waals surface area contributed by atoms with Gasteiger partial charge in [0.2, 0.25) is 5.91 Å². The zero-order valence-corrected chi connectivity index (χ0v) is 13.6. The molecule has 0 heterocycles. The summed E-state index contributed by atoms with van der Waals surface area (Å²) < 4.78 is 13.2. The number of carboxylic acids is 1. The van der Waals surface area contributed by atoms with Gasteiger partial charge in [-0.3, -0.25) is 9.59 Å². The molecule has 5 heteroatoms. The van der Waals surface area contributed by atoms with Gasteiger partial charge >= 0.3 is 5.97 Å². The molecule has 0 aliphatic rings. The molecule has 0 fully saturated rings. The molecule has 2 aromatic carbocycles. The summed E-state index contributed by atoms with van der Waals surface area (Å²) in [5.74, 6) is -2.42. The minimum atomic E-state index is -0.919. The van der Waals surface area contributed by atoms with Crippen LogP contribution in [0.15, 0.2) is 48.5 Å². The fourth-order valence-electron chi connectivity index (χ4n) is 2.40. The topological polar surface area (TPSA) is 66.4 Å². The van der Waals surface area contributed by atoms with Crippen molar-refractivity contribution in [2.24, 2.45) is 5.92 Å². The Labute approximate surface area is 140 Å². The summed E-state index contributed by atoms with van der Waals surface area (Å²) in [5, 5.41) is 11.9. The summed E-state index contributed by atoms with van der Waals surface area (Å²) in [7, 11) is 0. The highest BCUT2D eigenvalue weighted by Crippen LogP contribution is 2.20. The number of hydrogen-bond donors (Lipinski definition) is 2. The van der Waals surface area contributed by atoms with E-state index in [4.69, 9.17) is 5.11 Å². The first-order valence-corrected chi connectivity index (χ1v) is 7.75. The first-order valence-electron chi connectivity index (χ1n) is 7.75. The maximum absolute atomic E-state index is 13.2. The maximum Gasteiger partial charge on any atom is 0.310 e. The molecular weight excluding hydrogens is 309 g/mol. The Hall–Kier alpha value is -2.69. The number of carbonyl (C=O) groups excluding carboxylic acids is 1. The summed E-state index contributed by atoms with van der Waals surface area (Å²) in [4.78, 5) is 23.3. The van der Waals surface area contributed by atoms with Gasteiger partial charge in [-0.2, -0.15) is 0 Å². The van der Waals surface area contributed by atoms with Gasteiger partial charge in [0.15, 0.2) is 0 Å². The second kappa shape index (κ2) is 7.73. The Morgan fingerprint density at radius 1 is 1.12 bits per heavy atom. The van der Waals surface area contributed by atoms with Crippen LogP contribution in [0.1, 0.15) is 30.9 Å². The highest BCUT2D eigenvalue weighted by Gasteiger charge is 2.16. The van der Waals surface area contributed by atoms with E-state index in [-0.39, 0.29) is 17.6 Å². The smallest absolute Gasteiger partial charge is 0.310 e. The average molecular weight is 329 g/mol. The molecule has 2 aromatic rings. The Morgan fingerprint density at radius 3 is 2.50 bits per heavy atom. The normalized spacial score (nSPS) is 13.1. The highest BCUT2D eigenvalue weighted by atomic mass is 19.1. The largest absolute Gasteiger partial charge is 0.481 e. The predicted molar refractivity (Wildman–Crippen MR) is 90.4 cm³/mol. The van der Waals surface area contributed by atoms with Gasteiger partial charge < -0.3 is 10.4 Å². The SMILES string of the molecule is CC(Cc1cccc(F)c1)C(=O)Nc1cccc(C(C)C(=O)O)c1. The first-order chi connectivity index (χ1) is 11.4. The number of amides is 1. The van der Waals surface area contributed by atoms with E-state index in [9.17, 15) is 14.0 Å². The molecule has 0 saturated heterocycles. The van der Waals surface area contributed by atoms with Gasteiger partial charge in [0.25, 0.3) is 0 Å². The average Bonchev–Trinajstić information content (AvgIpc) is 2.54. The van der Waals surface area contributed by atoms with Crippen molar-refractivity contribution in [3.63, 3.8) is 0 Å². The standard InChI is InChI=1S/C19H20FNO3/c1-12(9-14-5-3-7-16(20)10-14)18(22)21-17-8-4-6-15(11-17)13(2)19(23)24/h3-8,10-13H,9H2,1-2H3,(H,21,22)(H,23,24). The molecule has 126 valence electrons. The third-order valence-corrected chi connectivity index (χ3v) is 3.90. The summed E-state index contributed by atoms with van der Waals surface area (Å²) in [5.41, 5.74) is 1.93. The van der Waals surface area contributed by atoms with E-state index in [1.54, 1.807) is 50.2 Å². The van der Waals surface area contributed by atoms with E-state index in [2.05, 4.69) is 5.32 Å². The molecule has 24 heavy (non-hydrogen) atoms. The molecule has 0 aromatic heterocycles. The Kier molecular flexibility index (Phi) is 5.68. The number of aliphatic carboxylic acids is 1. The molecule has 1 amide bonds. The summed E-state index contributed by atoms with van der Waals surface area (Å²) in [6, 6.07) is 13.0. The second-order valence-corrected chi connectivity index (χ2v) is 5.91. The van der Waals surface area contributed by atoms with Crippen LogP contribution < -0.4 is 5.32 Å². The van der Waals surface area contributed by atoms with E-state index in [1.165, 1.54) is 12.1 Å². The third-order valence-electron chi connectivity index (χ3n) is 3.90. The summed E-state index contributed by atoms with van der Waals surface area (Å²) in [6.07, 6.45) is 0.425. The van der Waals surface area contributed by atoms with Crippen LogP contribution in [0.4, 0.5) is 10.1 Å². The van der Waals surface area contributed by atoms with Gasteiger partial charge in [0.05, 0.1) is 5.92 Å². The van der Waals surface area contributed by atoms with Crippen molar-refractivity contribution in [1.82, 2.24) is 0 Å². The Balaban J connectivity index is 2.03. The molecule has 0 aliphatic carbocycles. The van der Waals surface area contributed by atoms with Crippen LogP contribution in [0.3, 0.4) is 0 Å². The summed E-state index contributed by atoms with van der Waals surface area (Å²) in [6.45, 7) is 3.36. The van der Waals surface area contributed by atoms with Crippen LogP contribution in [0.5, 0.6) is 0 Å². The van der Waals surface area contributed by atoms with Gasteiger partial charge in [-0.25, -0.2) is 4.39 Å². The van der Waals surface area contributed by atoms with Crippen LogP contribution in [-0.4, -0.2) is 17.0 Å². The van der Waals surface area contributed by atoms with Crippen LogP contribution >= 0.6 is 0 Å². The van der Waals surface area contributed by atoms with Crippen molar-refractivity contribution in [2.45, 2.75) is 26.2 Å². The number of anilines is 1. The second-order valence-electron chi connectivity index (χ2n) is 5.91. The van der Waals surface area contributed by atoms with E-state index in [0.717, 1.165) is 5.56 Å². The van der Waals surface area contributed by atoms with E-state index in [1.807, 2.05) is 0 Å². The molecule has 0 radical (unpaired) electrons. The third kappa shape index (κ3) is 4.65. The molecule has 2 rings (SSSR count). The maximum atomic E-state index is 13.2. The Bertz CT molecular complexity index is 745. The molecule has 0 bridgehead atoms. The molecule has 4 nitrogen and oxygen atoms in total. The van der Waals surface area contributed by atoms with Crippen molar-refractivity contribution >= 4 is 17.6 Å². The zero-order valence-electron chi connectivity index (χ0n) is 13.6. The van der Waals surface area contributed by atoms with Gasteiger partial charge in [-0.1, -0.05) is 31.2 Å². The quantitative estimate of drug-likeness (QED) is 0.846. The molecule has 0 spiro atoms. The molecular formula is C19H20FNO3. The zero-order chi connectivity index (χ0) is 17.7. The minimum absolute atomic E-state index is 0.195. The lowest BCUT2D eigenvalue weighted by Crippen LogP contribution is -2.22. The van der Waals surface area contributed by atoms with E-state index < -0.39 is 11.9 Å². The molecule has 2 atom stereocenters. The van der Waals surface area contributed by atoms with Crippen LogP contribution in [0.2, 0.25) is 0 Å². The number of halogens is 1. The fourth-order valence-corrected chi connectivity index (χ4v) is 2.40. The van der Waals surface area contributed by atoms with Gasteiger partial charge in [-0.05, 0) is 48.7 Å². The lowest BCUT2D eigenvalue weighted by atomic mass is 9.99. The van der Waals surface area contributed by atoms with Crippen LogP contribution in [0.25, 0.3) is 0 Å². The highest BCUT2D eigenvalue weighted by molar-refractivity contribution is 5.92. The monoisotopic (exact) mass is 329 g/mol. The molecule has 0 aliphatic heterocycles. The van der Waals surface area contributed by atoms with Crippen molar-refractivity contribution < 1.29 is 19.1 Å². The number of rotatable bonds is 6. The van der Waals surface area contributed by atoms with Crippen molar-refractivity contribution in [1.29, 1.82) is 0 Å². The molecule has 2 N–H and O–H groups in total. The number of hydrogen-bond acceptors (Lipinski definition) is 2. The molecule has 0 saturated carbocycles. The lowest BCUT2D eigenvalue weighted by molar-refractivity contribution is -0.138. The van der Waals surface area contributed by atoms with E-state index >= 15 is 0 Å². The minimum Gasteiger partial charge on any atom is -0.481 e. The number of nitrogens with one attached hydrogen (secondary N) is 1. The predicted octanol–water partition coefficient (Wildman–Crippen LogP) is 3.83. The lowest BCUT2D eigenvalue weighted by Gasteiger charge is -2.14. The van der Waals surface area contributed by atoms with Crippen molar-refractivity contribution in [2.75, 3.05) is 5.32 Å². The van der Waals surface area contributed by atoms with Gasteiger partial charge in [-0.15, -0.1) is 0 Å². The van der Waals surface area contributed by atoms with Crippen molar-refractivity contribution in [3.05, 3.63) is 65.5 Å². The number of carboxylic acid groups (broad SMARTS) is 1. The number of benzene rings is 2. The summed E-state index contributed by atoms with van der Waals surface area (Å²) >= 11 is 0. The Morgan fingerprint density at radius 2 is 1.83 bits per heavy atom. The van der Waals surface area contributed by atoms with Crippen LogP contribution in [0, 0.1) is 11.7 Å². The van der Waals surface area contributed by atoms with Gasteiger partial charge in [0, 0.05) is 11.6 Å². The first kappa shape index (κ1) is 17.7. The molecule has 2 unspecified atom stereocenters. The van der Waals surface area contributed by atoms with Crippen LogP contribution in [-0.2, 0) is 16.0 Å². The fraction of sp³-hybridized carbons (Fsp3) is 0.263. The van der Waals surface area contributed by atoms with Gasteiger partial charge in [0.1, 0.15) is 5.82 Å². The number of carbonyl (C=O) groups is 2. The van der Waals surface area contributed by atoms with Crippen molar-refractivity contribution in [3.8, 4) is 0 Å².